The van der Waals surface area contributed by atoms with Crippen LogP contribution in [0, 0.1) is 0 Å². The van der Waals surface area contributed by atoms with Crippen molar-refractivity contribution in [3.8, 4) is 0 Å². The lowest BCUT2D eigenvalue weighted by molar-refractivity contribution is 0.583. The van der Waals surface area contributed by atoms with Crippen molar-refractivity contribution in [2.24, 2.45) is 0 Å². The van der Waals surface area contributed by atoms with Crippen LogP contribution in [-0.2, 0) is 10.0 Å². The molecule has 60 valence electrons. The van der Waals surface area contributed by atoms with E-state index in [2.05, 4.69) is 11.3 Å². The predicted molar refractivity (Wildman–Crippen MR) is 42.3 cm³/mol. The molecule has 0 aromatic heterocycles. The zero-order valence-electron chi connectivity index (χ0n) is 6.13. The van der Waals surface area contributed by atoms with Gasteiger partial charge in [-0.25, -0.2) is 13.1 Å². The highest BCUT2D eigenvalue weighted by Crippen LogP contribution is 1.83. The molecule has 0 unspecified atom stereocenters. The summed E-state index contributed by atoms with van der Waals surface area (Å²) in [5.74, 6) is 0.143. The molecule has 0 rings (SSSR count). The predicted octanol–water partition coefficient (Wildman–Crippen LogP) is 0.502. The summed E-state index contributed by atoms with van der Waals surface area (Å²) in [7, 11) is -2.99. The van der Waals surface area contributed by atoms with Gasteiger partial charge < -0.3 is 0 Å². The third kappa shape index (κ3) is 4.52. The summed E-state index contributed by atoms with van der Waals surface area (Å²) in [6, 6.07) is 0. The molecule has 0 aliphatic rings. The summed E-state index contributed by atoms with van der Waals surface area (Å²) in [6.45, 7) is 5.54. The van der Waals surface area contributed by atoms with Crippen LogP contribution in [0.15, 0.2) is 12.7 Å². The lowest BCUT2D eigenvalue weighted by atomic mass is 10.4. The van der Waals surface area contributed by atoms with Crippen LogP contribution in [0.25, 0.3) is 0 Å². The van der Waals surface area contributed by atoms with E-state index in [0.29, 0.717) is 13.0 Å². The highest BCUT2D eigenvalue weighted by atomic mass is 32.2. The van der Waals surface area contributed by atoms with Crippen LogP contribution in [0.4, 0.5) is 0 Å². The van der Waals surface area contributed by atoms with Crippen molar-refractivity contribution < 1.29 is 8.42 Å². The van der Waals surface area contributed by atoms with Crippen LogP contribution in [0.3, 0.4) is 0 Å². The Labute approximate surface area is 62.2 Å². The Kier molecular flexibility index (Phi) is 4.31. The highest BCUT2D eigenvalue weighted by molar-refractivity contribution is 7.89. The average Bonchev–Trinajstić information content (AvgIpc) is 1.89. The quantitative estimate of drug-likeness (QED) is 0.474. The van der Waals surface area contributed by atoms with Gasteiger partial charge in [0.05, 0.1) is 5.75 Å². The molecule has 0 bridgehead atoms. The number of hydrogen-bond donors (Lipinski definition) is 1. The number of sulfonamides is 1. The molecule has 0 fully saturated rings. The van der Waals surface area contributed by atoms with Gasteiger partial charge in [0.25, 0.3) is 0 Å². The molecule has 0 atom stereocenters. The van der Waals surface area contributed by atoms with Crippen LogP contribution < -0.4 is 4.72 Å². The first-order valence-electron chi connectivity index (χ1n) is 3.20. The molecule has 0 aliphatic heterocycles. The first kappa shape index (κ1) is 9.65. The van der Waals surface area contributed by atoms with Crippen LogP contribution in [0.5, 0.6) is 0 Å². The molecule has 1 N–H and O–H groups in total. The minimum absolute atomic E-state index is 0.143. The molecule has 3 nitrogen and oxygen atoms in total. The maximum Gasteiger partial charge on any atom is 0.211 e. The maximum atomic E-state index is 10.7. The standard InChI is InChI=1S/C6H13NO2S/c1-3-5-6-7-10(8,9)4-2/h3,7H,1,4-6H2,2H3. The fraction of sp³-hybridized carbons (Fsp3) is 0.667. The minimum atomic E-state index is -2.99. The largest absolute Gasteiger partial charge is 0.215 e. The van der Waals surface area contributed by atoms with Crippen molar-refractivity contribution in [3.05, 3.63) is 12.7 Å². The SMILES string of the molecule is C=CCCNS(=O)(=O)CC. The van der Waals surface area contributed by atoms with E-state index in [4.69, 9.17) is 0 Å². The van der Waals surface area contributed by atoms with Crippen molar-refractivity contribution >= 4 is 10.0 Å². The Bertz CT molecular complexity index is 184. The second-order valence-corrected chi connectivity index (χ2v) is 3.97. The van der Waals surface area contributed by atoms with E-state index in [9.17, 15) is 8.42 Å². The van der Waals surface area contributed by atoms with Gasteiger partial charge in [-0.1, -0.05) is 6.08 Å². The molecule has 0 aromatic carbocycles. The lowest BCUT2D eigenvalue weighted by Gasteiger charge is -2.00. The fourth-order valence-electron chi connectivity index (χ4n) is 0.419. The Balaban J connectivity index is 3.58. The molecule has 0 aromatic rings. The summed E-state index contributed by atoms with van der Waals surface area (Å²) in [5, 5.41) is 0. The Hall–Kier alpha value is -0.350. The topological polar surface area (TPSA) is 46.2 Å². The van der Waals surface area contributed by atoms with E-state index in [1.165, 1.54) is 0 Å². The van der Waals surface area contributed by atoms with E-state index in [-0.39, 0.29) is 5.75 Å². The monoisotopic (exact) mass is 163 g/mol. The van der Waals surface area contributed by atoms with Gasteiger partial charge in [0, 0.05) is 6.54 Å². The van der Waals surface area contributed by atoms with Crippen LogP contribution in [0.2, 0.25) is 0 Å². The van der Waals surface area contributed by atoms with E-state index in [0.717, 1.165) is 0 Å². The molecular weight excluding hydrogens is 150 g/mol. The number of hydrogen-bond acceptors (Lipinski definition) is 2. The Morgan fingerprint density at radius 2 is 2.20 bits per heavy atom. The van der Waals surface area contributed by atoms with E-state index >= 15 is 0 Å². The van der Waals surface area contributed by atoms with Crippen molar-refractivity contribution in [1.29, 1.82) is 0 Å². The molecule has 0 radical (unpaired) electrons. The number of nitrogens with one attached hydrogen (secondary N) is 1. The van der Waals surface area contributed by atoms with Gasteiger partial charge in [-0.05, 0) is 13.3 Å². The fourth-order valence-corrected chi connectivity index (χ4v) is 1.05. The van der Waals surface area contributed by atoms with Gasteiger partial charge >= 0.3 is 0 Å². The third-order valence-corrected chi connectivity index (χ3v) is 2.45. The number of rotatable bonds is 5. The second-order valence-electron chi connectivity index (χ2n) is 1.88. The van der Waals surface area contributed by atoms with Crippen LogP contribution in [-0.4, -0.2) is 20.7 Å². The highest BCUT2D eigenvalue weighted by Gasteiger charge is 2.02. The molecule has 4 heteroatoms. The Morgan fingerprint density at radius 1 is 1.60 bits per heavy atom. The van der Waals surface area contributed by atoms with Crippen molar-refractivity contribution in [2.45, 2.75) is 13.3 Å². The first-order chi connectivity index (χ1) is 4.62. The lowest BCUT2D eigenvalue weighted by Crippen LogP contribution is -2.25. The molecular formula is C6H13NO2S. The van der Waals surface area contributed by atoms with E-state index in [1.54, 1.807) is 13.0 Å². The maximum absolute atomic E-state index is 10.7. The van der Waals surface area contributed by atoms with Gasteiger partial charge in [0.15, 0.2) is 0 Å². The normalized spacial score (nSPS) is 11.3. The van der Waals surface area contributed by atoms with Crippen LogP contribution >= 0.6 is 0 Å². The average molecular weight is 163 g/mol. The minimum Gasteiger partial charge on any atom is -0.215 e. The van der Waals surface area contributed by atoms with Gasteiger partial charge in [0.1, 0.15) is 0 Å². The van der Waals surface area contributed by atoms with Gasteiger partial charge in [-0.3, -0.25) is 0 Å². The second kappa shape index (κ2) is 4.46. The molecule has 10 heavy (non-hydrogen) atoms. The molecule has 0 amide bonds. The summed E-state index contributed by atoms with van der Waals surface area (Å²) >= 11 is 0. The van der Waals surface area contributed by atoms with Gasteiger partial charge in [0.2, 0.25) is 10.0 Å². The third-order valence-electron chi connectivity index (χ3n) is 1.05. The molecule has 0 heterocycles. The molecule has 0 saturated heterocycles. The summed E-state index contributed by atoms with van der Waals surface area (Å²) in [4.78, 5) is 0. The van der Waals surface area contributed by atoms with Crippen molar-refractivity contribution in [1.82, 2.24) is 4.72 Å². The summed E-state index contributed by atoms with van der Waals surface area (Å²) < 4.78 is 23.9. The smallest absolute Gasteiger partial charge is 0.211 e. The van der Waals surface area contributed by atoms with Crippen molar-refractivity contribution in [3.63, 3.8) is 0 Å². The van der Waals surface area contributed by atoms with E-state index < -0.39 is 10.0 Å². The summed E-state index contributed by atoms with van der Waals surface area (Å²) in [6.07, 6.45) is 2.36. The van der Waals surface area contributed by atoms with E-state index in [1.807, 2.05) is 0 Å². The zero-order chi connectivity index (χ0) is 8.04. The van der Waals surface area contributed by atoms with Crippen LogP contribution in [0.1, 0.15) is 13.3 Å². The Morgan fingerprint density at radius 3 is 2.60 bits per heavy atom. The van der Waals surface area contributed by atoms with Gasteiger partial charge in [-0.15, -0.1) is 6.58 Å². The molecule has 0 spiro atoms. The van der Waals surface area contributed by atoms with Crippen molar-refractivity contribution in [2.75, 3.05) is 12.3 Å². The first-order valence-corrected chi connectivity index (χ1v) is 4.86. The summed E-state index contributed by atoms with van der Waals surface area (Å²) in [5.41, 5.74) is 0. The van der Waals surface area contributed by atoms with Gasteiger partial charge in [-0.2, -0.15) is 0 Å². The molecule has 0 aliphatic carbocycles. The molecule has 0 saturated carbocycles. The zero-order valence-corrected chi connectivity index (χ0v) is 6.95.